The van der Waals surface area contributed by atoms with Crippen molar-refractivity contribution >= 4 is 51.5 Å². The molecule has 0 aliphatic carbocycles. The third kappa shape index (κ3) is 5.91. The van der Waals surface area contributed by atoms with Crippen LogP contribution in [0.4, 0.5) is 16.2 Å². The van der Waals surface area contributed by atoms with Gasteiger partial charge in [-0.2, -0.15) is 10.2 Å². The van der Waals surface area contributed by atoms with Crippen molar-refractivity contribution in [1.29, 1.82) is 0 Å². The Morgan fingerprint density at radius 2 is 1.98 bits per heavy atom. The highest BCUT2D eigenvalue weighted by atomic mass is 35.5. The van der Waals surface area contributed by atoms with Crippen molar-refractivity contribution in [3.63, 3.8) is 0 Å². The largest absolute Gasteiger partial charge is 0.490 e. The average Bonchev–Trinajstić information content (AvgIpc) is 3.48. The first-order valence-corrected chi connectivity index (χ1v) is 12.7. The Hall–Kier alpha value is -4.46. The zero-order chi connectivity index (χ0) is 29.4. The molecule has 212 valence electrons. The highest BCUT2D eigenvalue weighted by molar-refractivity contribution is 6.29. The molecule has 1 unspecified atom stereocenters. The lowest BCUT2D eigenvalue weighted by Crippen LogP contribution is -2.35. The van der Waals surface area contributed by atoms with E-state index in [1.54, 1.807) is 37.7 Å². The smallest absolute Gasteiger partial charge is 0.414 e. The molecule has 0 radical (unpaired) electrons. The molecule has 4 aromatic rings. The van der Waals surface area contributed by atoms with Crippen LogP contribution >= 0.6 is 11.6 Å². The number of nitro benzene ring substituents is 1. The molecule has 2 amide bonds. The number of aryl methyl sites for hydroxylation is 1. The van der Waals surface area contributed by atoms with E-state index in [4.69, 9.17) is 21.1 Å². The number of hydrogen-bond acceptors (Lipinski definition) is 9. The predicted octanol–water partition coefficient (Wildman–Crippen LogP) is 4.23. The van der Waals surface area contributed by atoms with Gasteiger partial charge >= 0.3 is 11.8 Å². The lowest BCUT2D eigenvalue weighted by atomic mass is 10.2. The van der Waals surface area contributed by atoms with Gasteiger partial charge in [-0.05, 0) is 40.2 Å². The first kappa shape index (κ1) is 28.5. The van der Waals surface area contributed by atoms with Crippen molar-refractivity contribution in [3.8, 4) is 5.75 Å². The number of nitro groups is 1. The number of aromatic nitrogens is 5. The maximum atomic E-state index is 13.1. The summed E-state index contributed by atoms with van der Waals surface area (Å²) in [6.45, 7) is 7.46. The summed E-state index contributed by atoms with van der Waals surface area (Å²) in [5.41, 5.74) is 0.393. The van der Waals surface area contributed by atoms with E-state index >= 15 is 0 Å². The Labute approximate surface area is 233 Å². The Morgan fingerprint density at radius 1 is 1.25 bits per heavy atom. The molecular weight excluding hydrogens is 544 g/mol. The zero-order valence-corrected chi connectivity index (χ0v) is 23.6. The van der Waals surface area contributed by atoms with E-state index in [1.165, 1.54) is 41.9 Å². The number of nitrogens with one attached hydrogen (secondary N) is 1. The van der Waals surface area contributed by atoms with Gasteiger partial charge in [-0.1, -0.05) is 11.6 Å². The summed E-state index contributed by atoms with van der Waals surface area (Å²) in [7, 11) is 2.89. The monoisotopic (exact) mass is 572 g/mol. The van der Waals surface area contributed by atoms with Crippen molar-refractivity contribution in [3.05, 3.63) is 51.6 Å². The molecule has 0 saturated carbocycles. The number of hydrogen-bond donors (Lipinski definition) is 1. The van der Waals surface area contributed by atoms with Crippen LogP contribution in [0.3, 0.4) is 0 Å². The van der Waals surface area contributed by atoms with Gasteiger partial charge in [0.05, 0.1) is 35.6 Å². The molecule has 0 aliphatic heterocycles. The molecule has 0 bridgehead atoms. The van der Waals surface area contributed by atoms with Crippen molar-refractivity contribution in [2.45, 2.75) is 52.3 Å². The average molecular weight is 573 g/mol. The molecule has 1 N–H and O–H groups in total. The van der Waals surface area contributed by atoms with Gasteiger partial charge in [0.25, 0.3) is 5.91 Å². The SMILES string of the molecule is COc1cc2cnn(CCC(C)NC(=O)c3cnc4c(N(C)C(=O)OC(C)(C)C)cc(Cl)nn34)c2cc1[N+](=O)[O-]. The second kappa shape index (κ2) is 11.0. The molecule has 0 fully saturated rings. The first-order chi connectivity index (χ1) is 18.8. The Morgan fingerprint density at radius 3 is 2.62 bits per heavy atom. The molecular formula is C25H29ClN8O6. The third-order valence-corrected chi connectivity index (χ3v) is 6.15. The maximum absolute atomic E-state index is 13.1. The summed E-state index contributed by atoms with van der Waals surface area (Å²) in [5.74, 6) is -0.300. The normalized spacial score (nSPS) is 12.4. The van der Waals surface area contributed by atoms with Crippen LogP contribution in [0.5, 0.6) is 5.75 Å². The van der Waals surface area contributed by atoms with Gasteiger partial charge in [0.15, 0.2) is 22.2 Å². The summed E-state index contributed by atoms with van der Waals surface area (Å²) in [6.07, 6.45) is 2.81. The van der Waals surface area contributed by atoms with Gasteiger partial charge in [0.1, 0.15) is 5.60 Å². The fraction of sp³-hybridized carbons (Fsp3) is 0.400. The fourth-order valence-electron chi connectivity index (χ4n) is 4.02. The van der Waals surface area contributed by atoms with Gasteiger partial charge < -0.3 is 14.8 Å². The number of ether oxygens (including phenoxy) is 2. The zero-order valence-electron chi connectivity index (χ0n) is 22.8. The molecule has 4 rings (SSSR count). The minimum Gasteiger partial charge on any atom is -0.490 e. The number of amides is 2. The van der Waals surface area contributed by atoms with E-state index < -0.39 is 22.5 Å². The third-order valence-electron chi connectivity index (χ3n) is 5.97. The summed E-state index contributed by atoms with van der Waals surface area (Å²) in [5, 5.41) is 23.6. The van der Waals surface area contributed by atoms with Gasteiger partial charge in [-0.15, -0.1) is 0 Å². The van der Waals surface area contributed by atoms with Crippen LogP contribution < -0.4 is 15.0 Å². The number of imidazole rings is 1. The van der Waals surface area contributed by atoms with Crippen molar-refractivity contribution in [2.24, 2.45) is 0 Å². The van der Waals surface area contributed by atoms with Crippen LogP contribution in [0.1, 0.15) is 44.6 Å². The molecule has 40 heavy (non-hydrogen) atoms. The van der Waals surface area contributed by atoms with Gasteiger partial charge in [-0.25, -0.2) is 14.3 Å². The number of rotatable bonds is 8. The summed E-state index contributed by atoms with van der Waals surface area (Å²) >= 11 is 6.22. The Kier molecular flexibility index (Phi) is 7.82. The number of halogens is 1. The second-order valence-corrected chi connectivity index (χ2v) is 10.5. The van der Waals surface area contributed by atoms with Gasteiger partial charge in [-0.3, -0.25) is 24.5 Å². The molecule has 3 heterocycles. The highest BCUT2D eigenvalue weighted by Gasteiger charge is 2.25. The number of benzene rings is 1. The number of fused-ring (bicyclic) bond motifs is 2. The Balaban J connectivity index is 1.49. The Bertz CT molecular complexity index is 1610. The minimum absolute atomic E-state index is 0.0503. The molecule has 1 atom stereocenters. The maximum Gasteiger partial charge on any atom is 0.414 e. The fourth-order valence-corrected chi connectivity index (χ4v) is 4.20. The van der Waals surface area contributed by atoms with E-state index in [-0.39, 0.29) is 34.0 Å². The number of nitrogens with zero attached hydrogens (tertiary/aromatic N) is 7. The molecule has 0 saturated heterocycles. The van der Waals surface area contributed by atoms with E-state index in [1.807, 2.05) is 6.92 Å². The molecule has 15 heteroatoms. The van der Waals surface area contributed by atoms with Crippen molar-refractivity contribution in [2.75, 3.05) is 19.1 Å². The summed E-state index contributed by atoms with van der Waals surface area (Å²) in [6, 6.07) is 4.14. The van der Waals surface area contributed by atoms with Crippen LogP contribution in [0.2, 0.25) is 5.15 Å². The molecule has 3 aromatic heterocycles. The van der Waals surface area contributed by atoms with E-state index in [0.717, 1.165) is 0 Å². The molecule has 14 nitrogen and oxygen atoms in total. The quantitative estimate of drug-likeness (QED) is 0.241. The minimum atomic E-state index is -0.709. The highest BCUT2D eigenvalue weighted by Crippen LogP contribution is 2.32. The van der Waals surface area contributed by atoms with Crippen molar-refractivity contribution < 1.29 is 24.0 Å². The molecule has 0 spiro atoms. The summed E-state index contributed by atoms with van der Waals surface area (Å²) < 4.78 is 13.5. The van der Waals surface area contributed by atoms with E-state index in [0.29, 0.717) is 29.6 Å². The first-order valence-electron chi connectivity index (χ1n) is 12.3. The number of carbonyl (C=O) groups excluding carboxylic acids is 2. The summed E-state index contributed by atoms with van der Waals surface area (Å²) in [4.78, 5) is 42.2. The predicted molar refractivity (Wildman–Crippen MR) is 147 cm³/mol. The van der Waals surface area contributed by atoms with Gasteiger partial charge in [0.2, 0.25) is 0 Å². The van der Waals surface area contributed by atoms with Crippen LogP contribution in [-0.2, 0) is 11.3 Å². The standard InChI is InChI=1S/C25H29ClN8O6/c1-14(7-8-32-16-10-17(34(37)38)20(39-6)9-15(16)12-28-32)29-23(35)19-13-27-22-18(11-21(26)30-33(19)22)31(5)24(36)40-25(2,3)4/h9-14H,7-8H2,1-6H3,(H,29,35). The van der Waals surface area contributed by atoms with E-state index in [2.05, 4.69) is 20.5 Å². The lowest BCUT2D eigenvalue weighted by molar-refractivity contribution is -0.385. The van der Waals surface area contributed by atoms with Crippen LogP contribution in [0.15, 0.2) is 30.6 Å². The van der Waals surface area contributed by atoms with Crippen LogP contribution in [0.25, 0.3) is 16.6 Å². The van der Waals surface area contributed by atoms with Gasteiger partial charge in [0, 0.05) is 37.2 Å². The van der Waals surface area contributed by atoms with Crippen LogP contribution in [0, 0.1) is 10.1 Å². The van der Waals surface area contributed by atoms with Crippen LogP contribution in [-0.4, -0.2) is 67.1 Å². The lowest BCUT2D eigenvalue weighted by Gasteiger charge is -2.24. The van der Waals surface area contributed by atoms with E-state index in [9.17, 15) is 19.7 Å². The van der Waals surface area contributed by atoms with Crippen molar-refractivity contribution in [1.82, 2.24) is 29.7 Å². The number of anilines is 1. The molecule has 0 aliphatic rings. The second-order valence-electron chi connectivity index (χ2n) is 10.1. The topological polar surface area (TPSA) is 159 Å². The molecule has 1 aromatic carbocycles. The number of methoxy groups -OCH3 is 1. The number of carbonyl (C=O) groups is 2.